The van der Waals surface area contributed by atoms with Gasteiger partial charge in [0.25, 0.3) is 0 Å². The Morgan fingerprint density at radius 2 is 2.16 bits per heavy atom. The molecule has 7 nitrogen and oxygen atoms in total. The van der Waals surface area contributed by atoms with E-state index in [4.69, 9.17) is 4.74 Å². The van der Waals surface area contributed by atoms with E-state index >= 15 is 0 Å². The Bertz CT molecular complexity index is 630. The van der Waals surface area contributed by atoms with Crippen molar-refractivity contribution in [2.24, 2.45) is 5.41 Å². The molecule has 7 heteroatoms. The molecule has 0 unspecified atom stereocenters. The standard InChI is InChI=1S/C18H28N4O3/c1-15-12-19-22(13-15)8-4-16(23)21-9-6-18(14-21)5-3-7-20(17(18)24)10-11-25-2/h12-13H,3-11,14H2,1-2H3/t18-/m0/s1. The van der Waals surface area contributed by atoms with E-state index in [1.54, 1.807) is 18.0 Å². The second-order valence-electron chi connectivity index (χ2n) is 7.26. The highest BCUT2D eigenvalue weighted by Gasteiger charge is 2.49. The lowest BCUT2D eigenvalue weighted by molar-refractivity contribution is -0.146. The van der Waals surface area contributed by atoms with Gasteiger partial charge in [-0.25, -0.2) is 0 Å². The molecule has 1 spiro atoms. The van der Waals surface area contributed by atoms with Crippen LogP contribution >= 0.6 is 0 Å². The maximum absolute atomic E-state index is 12.9. The summed E-state index contributed by atoms with van der Waals surface area (Å²) in [5.41, 5.74) is 0.723. The quantitative estimate of drug-likeness (QED) is 0.771. The number of nitrogens with zero attached hydrogens (tertiary/aromatic N) is 4. The van der Waals surface area contributed by atoms with Crippen molar-refractivity contribution < 1.29 is 14.3 Å². The average Bonchev–Trinajstić information content (AvgIpc) is 3.21. The van der Waals surface area contributed by atoms with Crippen molar-refractivity contribution in [1.29, 1.82) is 0 Å². The van der Waals surface area contributed by atoms with Crippen LogP contribution in [0.25, 0.3) is 0 Å². The SMILES string of the molecule is COCCN1CCC[C@@]2(CCN(C(=O)CCn3cc(C)cn3)C2)C1=O. The van der Waals surface area contributed by atoms with Crippen LogP contribution in [0, 0.1) is 12.3 Å². The molecule has 2 fully saturated rings. The van der Waals surface area contributed by atoms with Crippen LogP contribution in [0.1, 0.15) is 31.2 Å². The summed E-state index contributed by atoms with van der Waals surface area (Å²) in [5.74, 6) is 0.320. The van der Waals surface area contributed by atoms with Gasteiger partial charge in [-0.15, -0.1) is 0 Å². The summed E-state index contributed by atoms with van der Waals surface area (Å²) < 4.78 is 6.92. The first kappa shape index (κ1) is 17.9. The van der Waals surface area contributed by atoms with Crippen LogP contribution in [0.3, 0.4) is 0 Å². The van der Waals surface area contributed by atoms with E-state index in [1.807, 2.05) is 22.9 Å². The van der Waals surface area contributed by atoms with Crippen molar-refractivity contribution in [3.8, 4) is 0 Å². The fraction of sp³-hybridized carbons (Fsp3) is 0.722. The number of likely N-dealkylation sites (tertiary alicyclic amines) is 2. The molecule has 1 aromatic rings. The second-order valence-corrected chi connectivity index (χ2v) is 7.26. The monoisotopic (exact) mass is 348 g/mol. The number of carbonyl (C=O) groups is 2. The third kappa shape index (κ3) is 3.86. The van der Waals surface area contributed by atoms with Crippen LogP contribution in [0.2, 0.25) is 0 Å². The summed E-state index contributed by atoms with van der Waals surface area (Å²) in [4.78, 5) is 29.3. The molecule has 1 aromatic heterocycles. The summed E-state index contributed by atoms with van der Waals surface area (Å²) in [5, 5.41) is 4.22. The summed E-state index contributed by atoms with van der Waals surface area (Å²) >= 11 is 0. The zero-order valence-electron chi connectivity index (χ0n) is 15.2. The summed E-state index contributed by atoms with van der Waals surface area (Å²) in [7, 11) is 1.65. The Hall–Kier alpha value is -1.89. The third-order valence-electron chi connectivity index (χ3n) is 5.41. The normalized spacial score (nSPS) is 23.7. The Labute approximate surface area is 148 Å². The van der Waals surface area contributed by atoms with Gasteiger partial charge in [0.05, 0.1) is 18.2 Å². The van der Waals surface area contributed by atoms with Gasteiger partial charge in [0.15, 0.2) is 0 Å². The maximum atomic E-state index is 12.9. The van der Waals surface area contributed by atoms with Crippen molar-refractivity contribution in [2.75, 3.05) is 39.9 Å². The fourth-order valence-corrected chi connectivity index (χ4v) is 3.99. The van der Waals surface area contributed by atoms with E-state index < -0.39 is 0 Å². The first-order chi connectivity index (χ1) is 12.0. The van der Waals surface area contributed by atoms with Crippen molar-refractivity contribution in [2.45, 2.75) is 39.2 Å². The molecule has 0 bridgehead atoms. The molecule has 25 heavy (non-hydrogen) atoms. The molecule has 0 radical (unpaired) electrons. The van der Waals surface area contributed by atoms with Crippen molar-refractivity contribution in [3.05, 3.63) is 18.0 Å². The van der Waals surface area contributed by atoms with Crippen LogP contribution in [-0.4, -0.2) is 71.3 Å². The minimum atomic E-state index is -0.371. The number of hydrogen-bond donors (Lipinski definition) is 0. The van der Waals surface area contributed by atoms with Crippen molar-refractivity contribution >= 4 is 11.8 Å². The summed E-state index contributed by atoms with van der Waals surface area (Å²) in [6.45, 7) is 5.82. The molecule has 0 aliphatic carbocycles. The number of ether oxygens (including phenoxy) is 1. The van der Waals surface area contributed by atoms with E-state index in [2.05, 4.69) is 5.10 Å². The predicted molar refractivity (Wildman–Crippen MR) is 92.9 cm³/mol. The van der Waals surface area contributed by atoms with Crippen LogP contribution in [0.5, 0.6) is 0 Å². The number of aromatic nitrogens is 2. The van der Waals surface area contributed by atoms with Crippen molar-refractivity contribution in [3.63, 3.8) is 0 Å². The fourth-order valence-electron chi connectivity index (χ4n) is 3.99. The van der Waals surface area contributed by atoms with E-state index in [-0.39, 0.29) is 17.2 Å². The highest BCUT2D eigenvalue weighted by atomic mass is 16.5. The molecule has 3 heterocycles. The van der Waals surface area contributed by atoms with Gasteiger partial charge in [0.1, 0.15) is 0 Å². The molecule has 2 aliphatic rings. The molecule has 138 valence electrons. The van der Waals surface area contributed by atoms with Crippen LogP contribution < -0.4 is 0 Å². The van der Waals surface area contributed by atoms with Gasteiger partial charge in [-0.3, -0.25) is 14.3 Å². The average molecular weight is 348 g/mol. The molecular formula is C18H28N4O3. The lowest BCUT2D eigenvalue weighted by Crippen LogP contribution is -2.51. The molecular weight excluding hydrogens is 320 g/mol. The number of rotatable bonds is 6. The lowest BCUT2D eigenvalue weighted by atomic mass is 9.78. The maximum Gasteiger partial charge on any atom is 0.230 e. The van der Waals surface area contributed by atoms with E-state index in [1.165, 1.54) is 0 Å². The Balaban J connectivity index is 1.56. The Morgan fingerprint density at radius 1 is 1.32 bits per heavy atom. The number of piperidine rings is 1. The molecule has 2 aliphatic heterocycles. The van der Waals surface area contributed by atoms with Gasteiger partial charge >= 0.3 is 0 Å². The van der Waals surface area contributed by atoms with Crippen LogP contribution in [0.15, 0.2) is 12.4 Å². The van der Waals surface area contributed by atoms with Gasteiger partial charge in [-0.1, -0.05) is 0 Å². The highest BCUT2D eigenvalue weighted by molar-refractivity contribution is 5.86. The lowest BCUT2D eigenvalue weighted by Gasteiger charge is -2.39. The number of aryl methyl sites for hydroxylation is 2. The molecule has 3 rings (SSSR count). The topological polar surface area (TPSA) is 67.7 Å². The molecule has 0 aromatic carbocycles. The third-order valence-corrected chi connectivity index (χ3v) is 5.41. The zero-order valence-corrected chi connectivity index (χ0v) is 15.2. The number of hydrogen-bond acceptors (Lipinski definition) is 4. The number of methoxy groups -OCH3 is 1. The van der Waals surface area contributed by atoms with Gasteiger partial charge < -0.3 is 14.5 Å². The van der Waals surface area contributed by atoms with Gasteiger partial charge in [0, 0.05) is 52.5 Å². The first-order valence-electron chi connectivity index (χ1n) is 9.09. The molecule has 1 atom stereocenters. The van der Waals surface area contributed by atoms with Crippen LogP contribution in [-0.2, 0) is 20.9 Å². The predicted octanol–water partition coefficient (Wildman–Crippen LogP) is 1.07. The molecule has 0 saturated carbocycles. The largest absolute Gasteiger partial charge is 0.383 e. The number of amides is 2. The van der Waals surface area contributed by atoms with Crippen molar-refractivity contribution in [1.82, 2.24) is 19.6 Å². The smallest absolute Gasteiger partial charge is 0.230 e. The second kappa shape index (κ2) is 7.56. The van der Waals surface area contributed by atoms with Gasteiger partial charge in [0.2, 0.25) is 11.8 Å². The zero-order chi connectivity index (χ0) is 17.9. The molecule has 2 amide bonds. The van der Waals surface area contributed by atoms with E-state index in [9.17, 15) is 9.59 Å². The van der Waals surface area contributed by atoms with Gasteiger partial charge in [-0.05, 0) is 31.7 Å². The highest BCUT2D eigenvalue weighted by Crippen LogP contribution is 2.40. The Morgan fingerprint density at radius 3 is 2.88 bits per heavy atom. The summed E-state index contributed by atoms with van der Waals surface area (Å²) in [6, 6.07) is 0. The van der Waals surface area contributed by atoms with Crippen LogP contribution in [0.4, 0.5) is 0 Å². The first-order valence-corrected chi connectivity index (χ1v) is 9.09. The number of carbonyl (C=O) groups excluding carboxylic acids is 2. The van der Waals surface area contributed by atoms with Gasteiger partial charge in [-0.2, -0.15) is 5.10 Å². The summed E-state index contributed by atoms with van der Waals surface area (Å²) in [6.07, 6.45) is 6.84. The van der Waals surface area contributed by atoms with E-state index in [0.29, 0.717) is 39.2 Å². The molecule has 0 N–H and O–H groups in total. The Kier molecular flexibility index (Phi) is 5.42. The van der Waals surface area contributed by atoms with E-state index in [0.717, 1.165) is 31.4 Å². The minimum absolute atomic E-state index is 0.117. The molecule has 2 saturated heterocycles. The minimum Gasteiger partial charge on any atom is -0.383 e.